The Labute approximate surface area is 153 Å². The Balaban J connectivity index is 1.69. The molecule has 2 aromatic rings. The Morgan fingerprint density at radius 2 is 2.04 bits per heavy atom. The van der Waals surface area contributed by atoms with Gasteiger partial charge >= 0.3 is 6.09 Å². The van der Waals surface area contributed by atoms with Crippen LogP contribution in [0.2, 0.25) is 0 Å². The first-order valence-electron chi connectivity index (χ1n) is 9.06. The number of hydrogen-bond donors (Lipinski definition) is 0. The van der Waals surface area contributed by atoms with E-state index < -0.39 is 5.60 Å². The molecule has 5 nitrogen and oxygen atoms in total. The van der Waals surface area contributed by atoms with Crippen molar-refractivity contribution in [1.82, 2.24) is 9.88 Å². The lowest BCUT2D eigenvalue weighted by molar-refractivity contribution is -0.0510. The van der Waals surface area contributed by atoms with Gasteiger partial charge in [-0.3, -0.25) is 9.88 Å². The molecule has 4 rings (SSSR count). The summed E-state index contributed by atoms with van der Waals surface area (Å²) in [6.45, 7) is 6.71. The van der Waals surface area contributed by atoms with Gasteiger partial charge in [0.15, 0.2) is 0 Å². The lowest BCUT2D eigenvalue weighted by atomic mass is 9.89. The molecule has 2 unspecified atom stereocenters. The summed E-state index contributed by atoms with van der Waals surface area (Å²) < 4.78 is 11.3. The molecule has 2 aliphatic rings. The maximum Gasteiger partial charge on any atom is 0.411 e. The maximum atomic E-state index is 12.7. The van der Waals surface area contributed by atoms with Gasteiger partial charge in [-0.1, -0.05) is 30.3 Å². The number of aromatic nitrogens is 1. The van der Waals surface area contributed by atoms with Crippen LogP contribution in [-0.4, -0.2) is 46.9 Å². The standard InChI is InChI=1S/C21H24N2O3/c1-21(2,3)26-20(24)23-16-10-15(11-17(23)13-25-12-16)18-8-4-6-14-7-5-9-22-19(14)18/h4-10,16-17H,11-13H2,1-3H3. The van der Waals surface area contributed by atoms with Crippen molar-refractivity contribution >= 4 is 22.6 Å². The minimum atomic E-state index is -0.504. The molecule has 1 aromatic heterocycles. The summed E-state index contributed by atoms with van der Waals surface area (Å²) in [6, 6.07) is 10.2. The van der Waals surface area contributed by atoms with Gasteiger partial charge in [-0.25, -0.2) is 4.79 Å². The molecule has 26 heavy (non-hydrogen) atoms. The van der Waals surface area contributed by atoms with E-state index in [-0.39, 0.29) is 18.2 Å². The number of pyridine rings is 1. The van der Waals surface area contributed by atoms with Gasteiger partial charge in [-0.15, -0.1) is 0 Å². The van der Waals surface area contributed by atoms with Gasteiger partial charge < -0.3 is 9.47 Å². The zero-order valence-corrected chi connectivity index (χ0v) is 15.4. The van der Waals surface area contributed by atoms with Gasteiger partial charge in [-0.2, -0.15) is 0 Å². The normalized spacial score (nSPS) is 22.9. The molecule has 136 valence electrons. The molecule has 0 N–H and O–H groups in total. The zero-order valence-electron chi connectivity index (χ0n) is 15.4. The van der Waals surface area contributed by atoms with Crippen molar-refractivity contribution in [3.63, 3.8) is 0 Å². The molecule has 2 aliphatic heterocycles. The van der Waals surface area contributed by atoms with Crippen molar-refractivity contribution in [3.8, 4) is 0 Å². The number of carbonyl (C=O) groups excluding carboxylic acids is 1. The Hall–Kier alpha value is -2.40. The Kier molecular flexibility index (Phi) is 4.19. The van der Waals surface area contributed by atoms with Crippen LogP contribution in [0.3, 0.4) is 0 Å². The van der Waals surface area contributed by atoms with Crippen LogP contribution in [0.15, 0.2) is 42.6 Å². The smallest absolute Gasteiger partial charge is 0.411 e. The summed E-state index contributed by atoms with van der Waals surface area (Å²) in [6.07, 6.45) is 4.45. The molecular formula is C21H24N2O3. The lowest BCUT2D eigenvalue weighted by Gasteiger charge is -2.44. The molecule has 2 atom stereocenters. The van der Waals surface area contributed by atoms with Gasteiger partial charge in [0.2, 0.25) is 0 Å². The molecule has 3 heterocycles. The largest absolute Gasteiger partial charge is 0.444 e. The molecular weight excluding hydrogens is 328 g/mol. The van der Waals surface area contributed by atoms with Gasteiger partial charge in [0, 0.05) is 17.1 Å². The average molecular weight is 352 g/mol. The van der Waals surface area contributed by atoms with Crippen LogP contribution in [0.25, 0.3) is 16.5 Å². The first kappa shape index (κ1) is 17.0. The van der Waals surface area contributed by atoms with E-state index in [2.05, 4.69) is 35.3 Å². The van der Waals surface area contributed by atoms with Crippen molar-refractivity contribution < 1.29 is 14.3 Å². The van der Waals surface area contributed by atoms with Gasteiger partial charge in [0.1, 0.15) is 5.60 Å². The minimum Gasteiger partial charge on any atom is -0.444 e. The molecule has 1 amide bonds. The van der Waals surface area contributed by atoms with Gasteiger partial charge in [0.05, 0.1) is 30.8 Å². The third-order valence-electron chi connectivity index (χ3n) is 4.78. The van der Waals surface area contributed by atoms with E-state index in [4.69, 9.17) is 9.47 Å². The Bertz CT molecular complexity index is 864. The van der Waals surface area contributed by atoms with Crippen LogP contribution in [0.4, 0.5) is 4.79 Å². The quantitative estimate of drug-likeness (QED) is 0.778. The van der Waals surface area contributed by atoms with E-state index in [0.29, 0.717) is 13.2 Å². The molecule has 0 spiro atoms. The fourth-order valence-electron chi connectivity index (χ4n) is 3.76. The third kappa shape index (κ3) is 3.19. The Morgan fingerprint density at radius 1 is 1.23 bits per heavy atom. The lowest BCUT2D eigenvalue weighted by Crippen LogP contribution is -2.57. The topological polar surface area (TPSA) is 51.7 Å². The van der Waals surface area contributed by atoms with E-state index in [1.54, 1.807) is 0 Å². The number of para-hydroxylation sites is 1. The highest BCUT2D eigenvalue weighted by molar-refractivity contribution is 5.91. The summed E-state index contributed by atoms with van der Waals surface area (Å²) in [7, 11) is 0. The van der Waals surface area contributed by atoms with Crippen LogP contribution in [0.1, 0.15) is 32.8 Å². The monoisotopic (exact) mass is 352 g/mol. The number of carbonyl (C=O) groups is 1. The zero-order chi connectivity index (χ0) is 18.3. The van der Waals surface area contributed by atoms with Crippen LogP contribution in [0.5, 0.6) is 0 Å². The molecule has 5 heteroatoms. The van der Waals surface area contributed by atoms with Crippen LogP contribution in [0, 0.1) is 0 Å². The number of hydrogen-bond acceptors (Lipinski definition) is 4. The highest BCUT2D eigenvalue weighted by atomic mass is 16.6. The molecule has 0 saturated carbocycles. The minimum absolute atomic E-state index is 0.0115. The Morgan fingerprint density at radius 3 is 2.81 bits per heavy atom. The molecule has 2 bridgehead atoms. The van der Waals surface area contributed by atoms with Crippen LogP contribution in [-0.2, 0) is 9.47 Å². The number of benzene rings is 1. The van der Waals surface area contributed by atoms with Crippen molar-refractivity contribution in [1.29, 1.82) is 0 Å². The average Bonchev–Trinajstić information content (AvgIpc) is 2.58. The number of fused-ring (bicyclic) bond motifs is 3. The number of amides is 1. The van der Waals surface area contributed by atoms with E-state index in [0.717, 1.165) is 22.9 Å². The second kappa shape index (κ2) is 6.40. The second-order valence-corrected chi connectivity index (χ2v) is 7.92. The summed E-state index contributed by atoms with van der Waals surface area (Å²) in [5.41, 5.74) is 2.87. The number of ether oxygens (including phenoxy) is 2. The molecule has 0 aliphatic carbocycles. The fourth-order valence-corrected chi connectivity index (χ4v) is 3.76. The van der Waals surface area contributed by atoms with E-state index >= 15 is 0 Å². The summed E-state index contributed by atoms with van der Waals surface area (Å²) in [5, 5.41) is 1.13. The predicted molar refractivity (Wildman–Crippen MR) is 101 cm³/mol. The van der Waals surface area contributed by atoms with E-state index in [1.165, 1.54) is 5.57 Å². The fraction of sp³-hybridized carbons (Fsp3) is 0.429. The van der Waals surface area contributed by atoms with Crippen molar-refractivity contribution in [2.75, 3.05) is 13.2 Å². The highest BCUT2D eigenvalue weighted by Crippen LogP contribution is 2.35. The number of nitrogens with zero attached hydrogens (tertiary/aromatic N) is 2. The van der Waals surface area contributed by atoms with Gasteiger partial charge in [0.25, 0.3) is 0 Å². The van der Waals surface area contributed by atoms with Crippen LogP contribution < -0.4 is 0 Å². The number of rotatable bonds is 1. The SMILES string of the molecule is CC(C)(C)OC(=O)N1C2C=C(c3cccc4cccnc34)CC1COC2. The van der Waals surface area contributed by atoms with Crippen molar-refractivity contribution in [3.05, 3.63) is 48.2 Å². The first-order chi connectivity index (χ1) is 12.4. The number of morpholine rings is 1. The van der Waals surface area contributed by atoms with E-state index in [1.807, 2.05) is 37.9 Å². The maximum absolute atomic E-state index is 12.7. The first-order valence-corrected chi connectivity index (χ1v) is 9.06. The van der Waals surface area contributed by atoms with E-state index in [9.17, 15) is 4.79 Å². The second-order valence-electron chi connectivity index (χ2n) is 7.92. The summed E-state index contributed by atoms with van der Waals surface area (Å²) >= 11 is 0. The van der Waals surface area contributed by atoms with Crippen molar-refractivity contribution in [2.45, 2.75) is 44.9 Å². The third-order valence-corrected chi connectivity index (χ3v) is 4.78. The highest BCUT2D eigenvalue weighted by Gasteiger charge is 2.40. The van der Waals surface area contributed by atoms with Gasteiger partial charge in [-0.05, 0) is 38.8 Å². The predicted octanol–water partition coefficient (Wildman–Crippen LogP) is 4.03. The van der Waals surface area contributed by atoms with Crippen LogP contribution >= 0.6 is 0 Å². The van der Waals surface area contributed by atoms with Crippen molar-refractivity contribution in [2.24, 2.45) is 0 Å². The molecule has 1 saturated heterocycles. The molecule has 0 radical (unpaired) electrons. The molecule has 1 aromatic carbocycles. The molecule has 1 fully saturated rings. The summed E-state index contributed by atoms with van der Waals surface area (Å²) in [5.74, 6) is 0. The summed E-state index contributed by atoms with van der Waals surface area (Å²) in [4.78, 5) is 19.1.